The molecule has 2 N–H and O–H groups in total. The lowest BCUT2D eigenvalue weighted by Gasteiger charge is -2.24. The number of ether oxygens (including phenoxy) is 1. The fourth-order valence-corrected chi connectivity index (χ4v) is 2.73. The lowest BCUT2D eigenvalue weighted by molar-refractivity contribution is 0.185. The zero-order chi connectivity index (χ0) is 12.5. The summed E-state index contributed by atoms with van der Waals surface area (Å²) in [6, 6.07) is 0.323. The number of likely N-dealkylation sites (tertiary alicyclic amines) is 1. The van der Waals surface area contributed by atoms with Gasteiger partial charge in [-0.05, 0) is 51.1 Å². The first kappa shape index (κ1) is 14.9. The van der Waals surface area contributed by atoms with Crippen LogP contribution < -0.4 is 5.73 Å². The highest BCUT2D eigenvalue weighted by Crippen LogP contribution is 2.20. The van der Waals surface area contributed by atoms with E-state index in [-0.39, 0.29) is 0 Å². The average molecular weight is 242 g/mol. The Morgan fingerprint density at radius 1 is 1.35 bits per heavy atom. The second-order valence-electron chi connectivity index (χ2n) is 5.40. The van der Waals surface area contributed by atoms with Gasteiger partial charge in [-0.25, -0.2) is 0 Å². The van der Waals surface area contributed by atoms with E-state index in [2.05, 4.69) is 11.8 Å². The first-order valence-corrected chi connectivity index (χ1v) is 7.23. The quantitative estimate of drug-likeness (QED) is 0.696. The zero-order valence-corrected chi connectivity index (χ0v) is 11.7. The van der Waals surface area contributed by atoms with Gasteiger partial charge < -0.3 is 15.4 Å². The molecule has 0 amide bonds. The molecule has 102 valence electrons. The third kappa shape index (κ3) is 6.39. The van der Waals surface area contributed by atoms with E-state index in [0.717, 1.165) is 31.9 Å². The van der Waals surface area contributed by atoms with Crippen molar-refractivity contribution >= 4 is 0 Å². The van der Waals surface area contributed by atoms with Gasteiger partial charge in [0.1, 0.15) is 0 Å². The Hall–Kier alpha value is -0.120. The van der Waals surface area contributed by atoms with E-state index in [1.54, 1.807) is 7.11 Å². The van der Waals surface area contributed by atoms with Gasteiger partial charge >= 0.3 is 0 Å². The van der Waals surface area contributed by atoms with E-state index < -0.39 is 0 Å². The zero-order valence-electron chi connectivity index (χ0n) is 11.7. The number of nitrogens with zero attached hydrogens (tertiary/aromatic N) is 1. The summed E-state index contributed by atoms with van der Waals surface area (Å²) in [6.07, 6.45) is 7.63. The van der Waals surface area contributed by atoms with Crippen molar-refractivity contribution < 1.29 is 4.74 Å². The second-order valence-corrected chi connectivity index (χ2v) is 5.40. The lowest BCUT2D eigenvalue weighted by atomic mass is 9.98. The van der Waals surface area contributed by atoms with Crippen LogP contribution in [0.3, 0.4) is 0 Å². The van der Waals surface area contributed by atoms with Crippen molar-refractivity contribution in [2.45, 2.75) is 51.5 Å². The molecule has 1 heterocycles. The molecule has 0 radical (unpaired) electrons. The van der Waals surface area contributed by atoms with Gasteiger partial charge in [-0.2, -0.15) is 0 Å². The molecule has 3 nitrogen and oxygen atoms in total. The van der Waals surface area contributed by atoms with Gasteiger partial charge in [-0.1, -0.05) is 13.3 Å². The molecule has 0 aromatic heterocycles. The van der Waals surface area contributed by atoms with Crippen molar-refractivity contribution in [2.75, 3.05) is 33.4 Å². The van der Waals surface area contributed by atoms with Gasteiger partial charge in [0.15, 0.2) is 0 Å². The molecule has 1 fully saturated rings. The van der Waals surface area contributed by atoms with Gasteiger partial charge in [0.2, 0.25) is 0 Å². The first-order chi connectivity index (χ1) is 8.26. The Morgan fingerprint density at radius 3 is 2.88 bits per heavy atom. The highest BCUT2D eigenvalue weighted by molar-refractivity contribution is 4.73. The van der Waals surface area contributed by atoms with Crippen LogP contribution in [0.15, 0.2) is 0 Å². The van der Waals surface area contributed by atoms with Crippen LogP contribution in [0, 0.1) is 5.92 Å². The molecule has 2 atom stereocenters. The molecule has 0 aromatic carbocycles. The van der Waals surface area contributed by atoms with Crippen LogP contribution in [0.25, 0.3) is 0 Å². The second kappa shape index (κ2) is 8.90. The predicted octanol–water partition coefficient (Wildman–Crippen LogP) is 2.25. The van der Waals surface area contributed by atoms with Crippen LogP contribution >= 0.6 is 0 Å². The molecule has 1 rings (SSSR count). The van der Waals surface area contributed by atoms with Crippen molar-refractivity contribution in [3.05, 3.63) is 0 Å². The lowest BCUT2D eigenvalue weighted by Crippen LogP contribution is -2.38. The van der Waals surface area contributed by atoms with E-state index >= 15 is 0 Å². The van der Waals surface area contributed by atoms with E-state index in [1.807, 2.05) is 0 Å². The summed E-state index contributed by atoms with van der Waals surface area (Å²) in [5.74, 6) is 0.949. The van der Waals surface area contributed by atoms with Gasteiger partial charge in [0.05, 0.1) is 0 Å². The Labute approximate surface area is 107 Å². The number of hydrogen-bond donors (Lipinski definition) is 1. The summed E-state index contributed by atoms with van der Waals surface area (Å²) in [7, 11) is 1.76. The number of hydrogen-bond acceptors (Lipinski definition) is 3. The van der Waals surface area contributed by atoms with Crippen molar-refractivity contribution in [3.8, 4) is 0 Å². The molecule has 17 heavy (non-hydrogen) atoms. The molecule has 1 aliphatic heterocycles. The summed E-state index contributed by atoms with van der Waals surface area (Å²) < 4.78 is 5.06. The molecule has 1 saturated heterocycles. The fraction of sp³-hybridized carbons (Fsp3) is 1.00. The van der Waals surface area contributed by atoms with Gasteiger partial charge in [0, 0.05) is 26.3 Å². The standard InChI is InChI=1S/C14H30N2O/c1-3-13-6-4-9-16(10-8-13)12-14(15)7-5-11-17-2/h13-14H,3-12,15H2,1-2H3. The Balaban J connectivity index is 2.17. The minimum Gasteiger partial charge on any atom is -0.385 e. The molecule has 0 aliphatic carbocycles. The molecule has 0 spiro atoms. The van der Waals surface area contributed by atoms with Gasteiger partial charge in [0.25, 0.3) is 0 Å². The van der Waals surface area contributed by atoms with Crippen LogP contribution in [0.4, 0.5) is 0 Å². The summed E-state index contributed by atoms with van der Waals surface area (Å²) in [6.45, 7) is 6.72. The van der Waals surface area contributed by atoms with Crippen LogP contribution in [-0.4, -0.2) is 44.3 Å². The van der Waals surface area contributed by atoms with Crippen molar-refractivity contribution in [3.63, 3.8) is 0 Å². The predicted molar refractivity (Wildman–Crippen MR) is 73.2 cm³/mol. The van der Waals surface area contributed by atoms with Crippen LogP contribution in [0.1, 0.15) is 45.4 Å². The third-order valence-corrected chi connectivity index (χ3v) is 3.93. The fourth-order valence-electron chi connectivity index (χ4n) is 2.73. The van der Waals surface area contributed by atoms with E-state index in [1.165, 1.54) is 38.8 Å². The minimum absolute atomic E-state index is 0.323. The molecular weight excluding hydrogens is 212 g/mol. The highest BCUT2D eigenvalue weighted by Gasteiger charge is 2.17. The summed E-state index contributed by atoms with van der Waals surface area (Å²) >= 11 is 0. The Morgan fingerprint density at radius 2 is 2.18 bits per heavy atom. The SMILES string of the molecule is CCC1CCCN(CC(N)CCCOC)CC1. The molecule has 0 saturated carbocycles. The third-order valence-electron chi connectivity index (χ3n) is 3.93. The smallest absolute Gasteiger partial charge is 0.0462 e. The number of nitrogens with two attached hydrogens (primary N) is 1. The Bertz CT molecular complexity index is 187. The van der Waals surface area contributed by atoms with E-state index in [4.69, 9.17) is 10.5 Å². The van der Waals surface area contributed by atoms with E-state index in [0.29, 0.717) is 6.04 Å². The molecule has 0 bridgehead atoms. The van der Waals surface area contributed by atoms with E-state index in [9.17, 15) is 0 Å². The minimum atomic E-state index is 0.323. The molecule has 3 heteroatoms. The molecule has 2 unspecified atom stereocenters. The maximum Gasteiger partial charge on any atom is 0.0462 e. The normalized spacial score (nSPS) is 24.5. The first-order valence-electron chi connectivity index (χ1n) is 7.23. The molecule has 0 aromatic rings. The maximum absolute atomic E-state index is 6.17. The number of methoxy groups -OCH3 is 1. The van der Waals surface area contributed by atoms with Crippen molar-refractivity contribution in [2.24, 2.45) is 11.7 Å². The van der Waals surface area contributed by atoms with Gasteiger partial charge in [-0.3, -0.25) is 0 Å². The monoisotopic (exact) mass is 242 g/mol. The molecule has 1 aliphatic rings. The topological polar surface area (TPSA) is 38.5 Å². The Kier molecular flexibility index (Phi) is 7.82. The van der Waals surface area contributed by atoms with Gasteiger partial charge in [-0.15, -0.1) is 0 Å². The van der Waals surface area contributed by atoms with Crippen molar-refractivity contribution in [1.29, 1.82) is 0 Å². The van der Waals surface area contributed by atoms with Crippen LogP contribution in [0.5, 0.6) is 0 Å². The number of rotatable bonds is 7. The summed E-state index contributed by atoms with van der Waals surface area (Å²) in [4.78, 5) is 2.56. The van der Waals surface area contributed by atoms with Crippen molar-refractivity contribution in [1.82, 2.24) is 4.90 Å². The highest BCUT2D eigenvalue weighted by atomic mass is 16.5. The van der Waals surface area contributed by atoms with Crippen LogP contribution in [0.2, 0.25) is 0 Å². The summed E-state index contributed by atoms with van der Waals surface area (Å²) in [5, 5.41) is 0. The average Bonchev–Trinajstić information content (AvgIpc) is 2.54. The van der Waals surface area contributed by atoms with Crippen LogP contribution in [-0.2, 0) is 4.74 Å². The maximum atomic E-state index is 6.17. The molecular formula is C14H30N2O. The summed E-state index contributed by atoms with van der Waals surface area (Å²) in [5.41, 5.74) is 6.17. The largest absolute Gasteiger partial charge is 0.385 e.